The van der Waals surface area contributed by atoms with Crippen molar-refractivity contribution in [2.75, 3.05) is 30.0 Å². The van der Waals surface area contributed by atoms with Crippen LogP contribution in [0.5, 0.6) is 17.2 Å². The van der Waals surface area contributed by atoms with E-state index in [1.807, 2.05) is 55.5 Å². The van der Waals surface area contributed by atoms with Crippen LogP contribution in [0.25, 0.3) is 0 Å². The fraction of sp³-hybridized carbons (Fsp3) is 0.263. The minimum Gasteiger partial charge on any atom is -0.494 e. The first-order chi connectivity index (χ1) is 12.7. The van der Waals surface area contributed by atoms with Crippen LogP contribution in [0.3, 0.4) is 0 Å². The van der Waals surface area contributed by atoms with Crippen molar-refractivity contribution in [3.8, 4) is 17.2 Å². The van der Waals surface area contributed by atoms with Gasteiger partial charge < -0.3 is 14.8 Å². The number of rotatable bonds is 7. The lowest BCUT2D eigenvalue weighted by Gasteiger charge is -2.09. The highest BCUT2D eigenvalue weighted by Crippen LogP contribution is 2.25. The van der Waals surface area contributed by atoms with Crippen LogP contribution < -0.4 is 14.8 Å². The van der Waals surface area contributed by atoms with Crippen LogP contribution in [-0.2, 0) is 4.79 Å². The lowest BCUT2D eigenvalue weighted by molar-refractivity contribution is -0.113. The van der Waals surface area contributed by atoms with E-state index in [4.69, 9.17) is 9.47 Å². The van der Waals surface area contributed by atoms with Crippen LogP contribution >= 0.6 is 23.5 Å². The van der Waals surface area contributed by atoms with Crippen LogP contribution in [-0.4, -0.2) is 34.9 Å². The first-order valence-corrected chi connectivity index (χ1v) is 10.3. The molecule has 7 heteroatoms. The minimum absolute atomic E-state index is 0.0367. The quantitative estimate of drug-likeness (QED) is 0.748. The van der Waals surface area contributed by atoms with Gasteiger partial charge >= 0.3 is 0 Å². The van der Waals surface area contributed by atoms with Crippen molar-refractivity contribution < 1.29 is 14.3 Å². The molecular weight excluding hydrogens is 368 g/mol. The van der Waals surface area contributed by atoms with Crippen LogP contribution in [0.2, 0.25) is 0 Å². The summed E-state index contributed by atoms with van der Waals surface area (Å²) in [5.74, 6) is 3.61. The largest absolute Gasteiger partial charge is 0.494 e. The Labute approximate surface area is 161 Å². The van der Waals surface area contributed by atoms with Gasteiger partial charge in [-0.05, 0) is 55.5 Å². The molecule has 1 heterocycles. The van der Waals surface area contributed by atoms with Gasteiger partial charge in [0.25, 0.3) is 0 Å². The summed E-state index contributed by atoms with van der Waals surface area (Å²) in [5.41, 5.74) is 0.746. The van der Waals surface area contributed by atoms with Gasteiger partial charge in [0.1, 0.15) is 21.6 Å². The summed E-state index contributed by atoms with van der Waals surface area (Å²) in [7, 11) is 0. The summed E-state index contributed by atoms with van der Waals surface area (Å²) in [4.78, 5) is 16.3. The average molecular weight is 389 g/mol. The Morgan fingerprint density at radius 1 is 1.12 bits per heavy atom. The molecule has 0 spiro atoms. The second-order valence-electron chi connectivity index (χ2n) is 5.36. The van der Waals surface area contributed by atoms with E-state index in [2.05, 4.69) is 10.3 Å². The highest BCUT2D eigenvalue weighted by Gasteiger charge is 2.10. The number of aliphatic imine (C=N–C) groups is 1. The third kappa shape index (κ3) is 5.71. The second kappa shape index (κ2) is 9.54. The van der Waals surface area contributed by atoms with Crippen molar-refractivity contribution in [1.29, 1.82) is 0 Å². The van der Waals surface area contributed by atoms with Gasteiger partial charge in [-0.2, -0.15) is 0 Å². The highest BCUT2D eigenvalue weighted by molar-refractivity contribution is 8.39. The standard InChI is InChI=1S/C19H20N2O3S2/c1-2-23-15-7-9-17(10-8-15)24-16-5-3-14(4-6-16)21-18(22)13-26-19-20-11-12-25-19/h3-10H,2,11-13H2,1H3,(H,21,22). The zero-order chi connectivity index (χ0) is 18.2. The lowest BCUT2D eigenvalue weighted by atomic mass is 10.3. The Kier molecular flexibility index (Phi) is 6.85. The number of thioether (sulfide) groups is 2. The molecule has 1 aliphatic rings. The van der Waals surface area contributed by atoms with E-state index in [1.54, 1.807) is 11.8 Å². The van der Waals surface area contributed by atoms with Gasteiger partial charge in [0.15, 0.2) is 0 Å². The number of amides is 1. The van der Waals surface area contributed by atoms with Gasteiger partial charge in [0.05, 0.1) is 18.9 Å². The Bertz CT molecular complexity index is 761. The van der Waals surface area contributed by atoms with Gasteiger partial charge in [-0.25, -0.2) is 0 Å². The fourth-order valence-electron chi connectivity index (χ4n) is 2.24. The molecule has 5 nitrogen and oxygen atoms in total. The molecule has 3 rings (SSSR count). The third-order valence-electron chi connectivity index (χ3n) is 3.39. The Balaban J connectivity index is 1.48. The number of hydrogen-bond acceptors (Lipinski definition) is 6. The molecule has 2 aromatic carbocycles. The maximum atomic E-state index is 12.0. The summed E-state index contributed by atoms with van der Waals surface area (Å²) >= 11 is 3.19. The number of hydrogen-bond donors (Lipinski definition) is 1. The summed E-state index contributed by atoms with van der Waals surface area (Å²) in [5, 5.41) is 2.88. The number of nitrogens with zero attached hydrogens (tertiary/aromatic N) is 1. The van der Waals surface area contributed by atoms with Crippen molar-refractivity contribution in [3.05, 3.63) is 48.5 Å². The van der Waals surface area contributed by atoms with Gasteiger partial charge in [-0.1, -0.05) is 23.5 Å². The summed E-state index contributed by atoms with van der Waals surface area (Å²) < 4.78 is 12.2. The number of carbonyl (C=O) groups excluding carboxylic acids is 1. The zero-order valence-corrected chi connectivity index (χ0v) is 16.1. The van der Waals surface area contributed by atoms with E-state index in [9.17, 15) is 4.79 Å². The van der Waals surface area contributed by atoms with E-state index in [1.165, 1.54) is 11.8 Å². The Hall–Kier alpha value is -2.12. The SMILES string of the molecule is CCOc1ccc(Oc2ccc(NC(=O)CSC3=NCCS3)cc2)cc1. The molecule has 0 atom stereocenters. The number of anilines is 1. The molecule has 0 radical (unpaired) electrons. The summed E-state index contributed by atoms with van der Waals surface area (Å²) in [6.45, 7) is 3.44. The molecule has 0 saturated heterocycles. The highest BCUT2D eigenvalue weighted by atomic mass is 32.2. The first kappa shape index (κ1) is 18.7. The van der Waals surface area contributed by atoms with Crippen molar-refractivity contribution in [2.24, 2.45) is 4.99 Å². The molecule has 0 saturated carbocycles. The second-order valence-corrected chi connectivity index (χ2v) is 7.67. The molecular formula is C19H20N2O3S2. The fourth-order valence-corrected chi connectivity index (χ4v) is 4.05. The van der Waals surface area contributed by atoms with Crippen LogP contribution in [0, 0.1) is 0 Å². The molecule has 26 heavy (non-hydrogen) atoms. The normalized spacial score (nSPS) is 13.2. The molecule has 1 amide bonds. The van der Waals surface area contributed by atoms with E-state index in [-0.39, 0.29) is 5.91 Å². The smallest absolute Gasteiger partial charge is 0.234 e. The molecule has 1 N–H and O–H groups in total. The predicted molar refractivity (Wildman–Crippen MR) is 110 cm³/mol. The summed E-state index contributed by atoms with van der Waals surface area (Å²) in [6.07, 6.45) is 0. The molecule has 0 bridgehead atoms. The van der Waals surface area contributed by atoms with Gasteiger partial charge in [-0.3, -0.25) is 9.79 Å². The maximum Gasteiger partial charge on any atom is 0.234 e. The molecule has 0 unspecified atom stereocenters. The monoisotopic (exact) mass is 388 g/mol. The number of nitrogens with one attached hydrogen (secondary N) is 1. The number of benzene rings is 2. The molecule has 0 fully saturated rings. The molecule has 0 aliphatic carbocycles. The Morgan fingerprint density at radius 3 is 2.38 bits per heavy atom. The van der Waals surface area contributed by atoms with Crippen LogP contribution in [0.1, 0.15) is 6.92 Å². The Morgan fingerprint density at radius 2 is 1.77 bits per heavy atom. The van der Waals surface area contributed by atoms with Crippen molar-refractivity contribution in [1.82, 2.24) is 0 Å². The minimum atomic E-state index is -0.0367. The predicted octanol–water partition coefficient (Wildman–Crippen LogP) is 4.65. The van der Waals surface area contributed by atoms with E-state index in [0.717, 1.165) is 33.9 Å². The lowest BCUT2D eigenvalue weighted by Crippen LogP contribution is -2.14. The molecule has 136 valence electrons. The average Bonchev–Trinajstić information content (AvgIpc) is 3.17. The van der Waals surface area contributed by atoms with E-state index >= 15 is 0 Å². The van der Waals surface area contributed by atoms with Crippen molar-refractivity contribution >= 4 is 39.5 Å². The van der Waals surface area contributed by atoms with E-state index < -0.39 is 0 Å². The molecule has 0 aromatic heterocycles. The van der Waals surface area contributed by atoms with Gasteiger partial charge in [0.2, 0.25) is 5.91 Å². The zero-order valence-electron chi connectivity index (χ0n) is 14.4. The first-order valence-electron chi connectivity index (χ1n) is 8.33. The topological polar surface area (TPSA) is 59.9 Å². The van der Waals surface area contributed by atoms with Gasteiger partial charge in [-0.15, -0.1) is 0 Å². The van der Waals surface area contributed by atoms with Crippen LogP contribution in [0.15, 0.2) is 53.5 Å². The number of carbonyl (C=O) groups is 1. The van der Waals surface area contributed by atoms with Crippen LogP contribution in [0.4, 0.5) is 5.69 Å². The van der Waals surface area contributed by atoms with Crippen molar-refractivity contribution in [2.45, 2.75) is 6.92 Å². The number of ether oxygens (including phenoxy) is 2. The molecule has 2 aromatic rings. The summed E-state index contributed by atoms with van der Waals surface area (Å²) in [6, 6.07) is 14.8. The van der Waals surface area contributed by atoms with E-state index in [0.29, 0.717) is 18.1 Å². The molecule has 1 aliphatic heterocycles. The third-order valence-corrected chi connectivity index (χ3v) is 5.65. The van der Waals surface area contributed by atoms with Gasteiger partial charge in [0, 0.05) is 11.4 Å². The van der Waals surface area contributed by atoms with Crippen molar-refractivity contribution in [3.63, 3.8) is 0 Å². The maximum absolute atomic E-state index is 12.0.